The smallest absolute Gasteiger partial charge is 0.295 e. The number of amides is 1. The van der Waals surface area contributed by atoms with Gasteiger partial charge in [0.25, 0.3) is 5.91 Å². The minimum atomic E-state index is -0.377. The van der Waals surface area contributed by atoms with Crippen molar-refractivity contribution in [3.05, 3.63) is 101 Å². The Hall–Kier alpha value is -3.97. The van der Waals surface area contributed by atoms with Crippen molar-refractivity contribution in [2.24, 2.45) is 0 Å². The summed E-state index contributed by atoms with van der Waals surface area (Å²) in [5, 5.41) is 9.63. The first kappa shape index (κ1) is 21.9. The zero-order chi connectivity index (χ0) is 23.5. The van der Waals surface area contributed by atoms with E-state index in [0.29, 0.717) is 18.1 Å². The highest BCUT2D eigenvalue weighted by Gasteiger charge is 2.19. The lowest BCUT2D eigenvalue weighted by Crippen LogP contribution is -2.14. The van der Waals surface area contributed by atoms with Gasteiger partial charge in [-0.15, -0.1) is 5.10 Å². The second-order valence-electron chi connectivity index (χ2n) is 7.62. The third kappa shape index (κ3) is 4.56. The van der Waals surface area contributed by atoms with Crippen LogP contribution in [0.15, 0.2) is 95.5 Å². The van der Waals surface area contributed by atoms with Crippen LogP contribution in [0.5, 0.6) is 5.75 Å². The number of aromatic nitrogens is 3. The number of rotatable bonds is 6. The summed E-state index contributed by atoms with van der Waals surface area (Å²) < 4.78 is 8.18. The fourth-order valence-electron chi connectivity index (χ4n) is 3.68. The van der Waals surface area contributed by atoms with Crippen LogP contribution in [0, 0.1) is 0 Å². The molecule has 0 saturated carbocycles. The van der Waals surface area contributed by atoms with Crippen molar-refractivity contribution in [3.8, 4) is 22.8 Å². The largest absolute Gasteiger partial charge is 0.494 e. The average molecular weight is 513 g/mol. The quantitative estimate of drug-likeness (QED) is 0.282. The number of benzene rings is 4. The number of carbonyl (C=O) groups excluding carboxylic acids is 1. The van der Waals surface area contributed by atoms with Crippen molar-refractivity contribution in [2.75, 3.05) is 11.9 Å². The van der Waals surface area contributed by atoms with Crippen LogP contribution in [0.1, 0.15) is 17.5 Å². The number of anilines is 1. The van der Waals surface area contributed by atoms with Gasteiger partial charge in [0, 0.05) is 15.7 Å². The number of halogens is 1. The molecule has 4 aromatic carbocycles. The lowest BCUT2D eigenvalue weighted by atomic mass is 10.1. The Balaban J connectivity index is 1.50. The van der Waals surface area contributed by atoms with Gasteiger partial charge in [-0.2, -0.15) is 0 Å². The zero-order valence-electron chi connectivity index (χ0n) is 18.4. The maximum Gasteiger partial charge on any atom is 0.295 e. The predicted molar refractivity (Wildman–Crippen MR) is 138 cm³/mol. The molecule has 0 aliphatic heterocycles. The van der Waals surface area contributed by atoms with Crippen LogP contribution in [-0.2, 0) is 0 Å². The molecule has 5 rings (SSSR count). The summed E-state index contributed by atoms with van der Waals surface area (Å²) in [6.45, 7) is 2.53. The molecular weight excluding hydrogens is 492 g/mol. The van der Waals surface area contributed by atoms with Crippen molar-refractivity contribution in [2.45, 2.75) is 6.92 Å². The molecule has 1 heterocycles. The van der Waals surface area contributed by atoms with E-state index < -0.39 is 0 Å². The van der Waals surface area contributed by atoms with E-state index in [9.17, 15) is 4.79 Å². The number of carbonyl (C=O) groups is 1. The third-order valence-electron chi connectivity index (χ3n) is 5.31. The lowest BCUT2D eigenvalue weighted by molar-refractivity contribution is 0.101. The number of hydrogen-bond acceptors (Lipinski definition) is 4. The van der Waals surface area contributed by atoms with Crippen molar-refractivity contribution in [1.29, 1.82) is 0 Å². The van der Waals surface area contributed by atoms with Gasteiger partial charge in [0.1, 0.15) is 5.75 Å². The number of nitrogens with one attached hydrogen (secondary N) is 1. The fraction of sp³-hybridized carbons (Fsp3) is 0.0741. The van der Waals surface area contributed by atoms with Crippen molar-refractivity contribution >= 4 is 38.3 Å². The summed E-state index contributed by atoms with van der Waals surface area (Å²) in [6.07, 6.45) is 0. The highest BCUT2D eigenvalue weighted by molar-refractivity contribution is 9.10. The molecule has 7 heteroatoms. The Morgan fingerprint density at radius 1 is 0.941 bits per heavy atom. The summed E-state index contributed by atoms with van der Waals surface area (Å²) in [7, 11) is 0. The summed E-state index contributed by atoms with van der Waals surface area (Å²) in [5.41, 5.74) is 2.30. The summed E-state index contributed by atoms with van der Waals surface area (Å²) in [4.78, 5) is 17.7. The van der Waals surface area contributed by atoms with Gasteiger partial charge in [0.15, 0.2) is 5.82 Å². The molecular formula is C27H21BrN4O2. The Kier molecular flexibility index (Phi) is 6.10. The maximum absolute atomic E-state index is 13.1. The van der Waals surface area contributed by atoms with Crippen LogP contribution in [0.3, 0.4) is 0 Å². The van der Waals surface area contributed by atoms with Crippen molar-refractivity contribution in [1.82, 2.24) is 14.8 Å². The Bertz CT molecular complexity index is 1460. The van der Waals surface area contributed by atoms with E-state index >= 15 is 0 Å². The SMILES string of the molecule is CCOc1ccc(-n2nc(C(=O)Nc3ccc4ccccc4c3)nc2-c2ccc(Br)cc2)cc1. The van der Waals surface area contributed by atoms with Gasteiger partial charge in [-0.3, -0.25) is 4.79 Å². The molecule has 34 heavy (non-hydrogen) atoms. The van der Waals surface area contributed by atoms with Crippen LogP contribution in [0.2, 0.25) is 0 Å². The summed E-state index contributed by atoms with van der Waals surface area (Å²) in [5.74, 6) is 1.05. The third-order valence-corrected chi connectivity index (χ3v) is 5.84. The van der Waals surface area contributed by atoms with Gasteiger partial charge >= 0.3 is 0 Å². The molecule has 0 saturated heterocycles. The van der Waals surface area contributed by atoms with Crippen LogP contribution in [0.25, 0.3) is 27.8 Å². The molecule has 168 valence electrons. The molecule has 6 nitrogen and oxygen atoms in total. The number of hydrogen-bond donors (Lipinski definition) is 1. The van der Waals surface area contributed by atoms with Crippen LogP contribution < -0.4 is 10.1 Å². The number of ether oxygens (including phenoxy) is 1. The molecule has 0 fully saturated rings. The minimum Gasteiger partial charge on any atom is -0.494 e. The number of fused-ring (bicyclic) bond motifs is 1. The molecule has 0 bridgehead atoms. The Labute approximate surface area is 205 Å². The van der Waals surface area contributed by atoms with E-state index in [2.05, 4.69) is 31.3 Å². The van der Waals surface area contributed by atoms with Crippen molar-refractivity contribution < 1.29 is 9.53 Å². The molecule has 0 spiro atoms. The highest BCUT2D eigenvalue weighted by Crippen LogP contribution is 2.25. The van der Waals surface area contributed by atoms with E-state index in [1.807, 2.05) is 97.9 Å². The zero-order valence-corrected chi connectivity index (χ0v) is 20.0. The van der Waals surface area contributed by atoms with Gasteiger partial charge in [0.05, 0.1) is 12.3 Å². The molecule has 1 N–H and O–H groups in total. The monoisotopic (exact) mass is 512 g/mol. The van der Waals surface area contributed by atoms with E-state index in [0.717, 1.165) is 32.2 Å². The standard InChI is InChI=1S/C27H21BrN4O2/c1-2-34-24-15-13-23(14-16-24)32-26(19-7-10-21(28)11-8-19)30-25(31-32)27(33)29-22-12-9-18-5-3-4-6-20(18)17-22/h3-17H,2H2,1H3,(H,29,33). The predicted octanol–water partition coefficient (Wildman–Crippen LogP) is 6.50. The summed E-state index contributed by atoms with van der Waals surface area (Å²) >= 11 is 3.47. The van der Waals surface area contributed by atoms with E-state index in [-0.39, 0.29) is 11.7 Å². The highest BCUT2D eigenvalue weighted by atomic mass is 79.9. The molecule has 0 atom stereocenters. The van der Waals surface area contributed by atoms with Gasteiger partial charge in [0.2, 0.25) is 5.82 Å². The Morgan fingerprint density at radius 3 is 2.41 bits per heavy atom. The van der Waals surface area contributed by atoms with Gasteiger partial charge < -0.3 is 10.1 Å². The second kappa shape index (κ2) is 9.49. The molecule has 1 amide bonds. The molecule has 5 aromatic rings. The van der Waals surface area contributed by atoms with Crippen molar-refractivity contribution in [3.63, 3.8) is 0 Å². The first-order chi connectivity index (χ1) is 16.6. The molecule has 0 unspecified atom stereocenters. The topological polar surface area (TPSA) is 69.0 Å². The minimum absolute atomic E-state index is 0.0833. The van der Waals surface area contributed by atoms with Gasteiger partial charge in [-0.25, -0.2) is 9.67 Å². The first-order valence-electron chi connectivity index (χ1n) is 10.9. The van der Waals surface area contributed by atoms with E-state index in [4.69, 9.17) is 4.74 Å². The van der Waals surface area contributed by atoms with E-state index in [1.54, 1.807) is 4.68 Å². The summed E-state index contributed by atoms with van der Waals surface area (Å²) in [6, 6.07) is 29.1. The Morgan fingerprint density at radius 2 is 1.68 bits per heavy atom. The maximum atomic E-state index is 13.1. The number of nitrogens with zero attached hydrogens (tertiary/aromatic N) is 3. The second-order valence-corrected chi connectivity index (χ2v) is 8.54. The van der Waals surface area contributed by atoms with Gasteiger partial charge in [-0.1, -0.05) is 58.4 Å². The first-order valence-corrected chi connectivity index (χ1v) is 11.7. The molecule has 0 radical (unpaired) electrons. The molecule has 1 aromatic heterocycles. The van der Waals surface area contributed by atoms with Crippen LogP contribution >= 0.6 is 15.9 Å². The average Bonchev–Trinajstić information content (AvgIpc) is 3.31. The molecule has 0 aliphatic rings. The molecule has 0 aliphatic carbocycles. The fourth-order valence-corrected chi connectivity index (χ4v) is 3.94. The normalized spacial score (nSPS) is 10.9. The van der Waals surface area contributed by atoms with Crippen LogP contribution in [0.4, 0.5) is 5.69 Å². The lowest BCUT2D eigenvalue weighted by Gasteiger charge is -2.08. The van der Waals surface area contributed by atoms with Crippen LogP contribution in [-0.4, -0.2) is 27.3 Å². The van der Waals surface area contributed by atoms with Gasteiger partial charge in [-0.05, 0) is 66.2 Å². The van der Waals surface area contributed by atoms with E-state index in [1.165, 1.54) is 0 Å².